The summed E-state index contributed by atoms with van der Waals surface area (Å²) in [5.74, 6) is 0.711. The van der Waals surface area contributed by atoms with Gasteiger partial charge in [-0.1, -0.05) is 30.3 Å². The molecule has 7 heteroatoms. The number of nitrogens with one attached hydrogen (secondary N) is 1. The van der Waals surface area contributed by atoms with Gasteiger partial charge in [-0.2, -0.15) is 0 Å². The minimum atomic E-state index is -0.513. The molecule has 0 spiro atoms. The summed E-state index contributed by atoms with van der Waals surface area (Å²) in [6.07, 6.45) is 2.66. The minimum Gasteiger partial charge on any atom is -0.390 e. The van der Waals surface area contributed by atoms with E-state index in [1.54, 1.807) is 6.33 Å². The lowest BCUT2D eigenvalue weighted by molar-refractivity contribution is 0.108. The predicted octanol–water partition coefficient (Wildman–Crippen LogP) is 1.36. The molecule has 7 nitrogen and oxygen atoms in total. The van der Waals surface area contributed by atoms with Gasteiger partial charge in [0.1, 0.15) is 11.8 Å². The monoisotopic (exact) mass is 326 g/mol. The van der Waals surface area contributed by atoms with Gasteiger partial charge in [0.2, 0.25) is 0 Å². The Labute approximate surface area is 141 Å². The number of rotatable bonds is 7. The lowest BCUT2D eigenvalue weighted by atomic mass is 10.2. The molecule has 0 fully saturated rings. The fourth-order valence-electron chi connectivity index (χ4n) is 2.84. The second-order valence-corrected chi connectivity index (χ2v) is 5.88. The molecule has 0 unspecified atom stereocenters. The van der Waals surface area contributed by atoms with Gasteiger partial charge in [0, 0.05) is 20.1 Å². The number of fused-ring (bicyclic) bond motifs is 1. The molecule has 1 aromatic carbocycles. The highest BCUT2D eigenvalue weighted by atomic mass is 16.3. The molecule has 0 aliphatic heterocycles. The van der Waals surface area contributed by atoms with Crippen LogP contribution >= 0.6 is 0 Å². The van der Waals surface area contributed by atoms with Crippen LogP contribution in [0.2, 0.25) is 0 Å². The molecule has 0 amide bonds. The Bertz CT molecular complexity index is 788. The molecule has 0 bridgehead atoms. The van der Waals surface area contributed by atoms with Crippen molar-refractivity contribution in [2.24, 2.45) is 0 Å². The molecule has 0 radical (unpaired) electrons. The maximum absolute atomic E-state index is 10.4. The van der Waals surface area contributed by atoms with Crippen LogP contribution in [0, 0.1) is 0 Å². The first-order valence-corrected chi connectivity index (χ1v) is 7.91. The number of benzene rings is 1. The largest absolute Gasteiger partial charge is 0.390 e. The molecule has 0 aliphatic rings. The van der Waals surface area contributed by atoms with Gasteiger partial charge in [-0.05, 0) is 12.6 Å². The minimum absolute atomic E-state index is 0.442. The number of anilines is 1. The van der Waals surface area contributed by atoms with Gasteiger partial charge in [-0.25, -0.2) is 15.0 Å². The van der Waals surface area contributed by atoms with E-state index >= 15 is 0 Å². The van der Waals surface area contributed by atoms with Crippen molar-refractivity contribution in [2.75, 3.05) is 26.0 Å². The molecule has 1 atom stereocenters. The SMILES string of the molecule is CNc1ncnc2ncn(C[C@H](O)CN(C)Cc3ccccc3)c12. The molecular weight excluding hydrogens is 304 g/mol. The van der Waals surface area contributed by atoms with E-state index in [1.165, 1.54) is 11.9 Å². The lowest BCUT2D eigenvalue weighted by Crippen LogP contribution is -2.31. The Hall–Kier alpha value is -2.51. The molecule has 3 rings (SSSR count). The maximum Gasteiger partial charge on any atom is 0.182 e. The van der Waals surface area contributed by atoms with Crippen molar-refractivity contribution < 1.29 is 5.11 Å². The average Bonchev–Trinajstić information content (AvgIpc) is 2.98. The molecule has 0 aliphatic carbocycles. The van der Waals surface area contributed by atoms with E-state index in [4.69, 9.17) is 0 Å². The van der Waals surface area contributed by atoms with Crippen molar-refractivity contribution in [1.82, 2.24) is 24.4 Å². The van der Waals surface area contributed by atoms with Gasteiger partial charge < -0.3 is 15.0 Å². The highest BCUT2D eigenvalue weighted by Gasteiger charge is 2.14. The Balaban J connectivity index is 1.65. The fraction of sp³-hybridized carbons (Fsp3) is 0.353. The molecular formula is C17H22N6O. The molecule has 24 heavy (non-hydrogen) atoms. The first kappa shape index (κ1) is 16.4. The molecule has 126 valence electrons. The fourth-order valence-corrected chi connectivity index (χ4v) is 2.84. The first-order chi connectivity index (χ1) is 11.7. The van der Waals surface area contributed by atoms with Gasteiger partial charge in [0.05, 0.1) is 19.0 Å². The number of hydrogen-bond acceptors (Lipinski definition) is 6. The number of hydrogen-bond donors (Lipinski definition) is 2. The van der Waals surface area contributed by atoms with Gasteiger partial charge in [-0.15, -0.1) is 0 Å². The van der Waals surface area contributed by atoms with Gasteiger partial charge in [0.25, 0.3) is 0 Å². The number of nitrogens with zero attached hydrogens (tertiary/aromatic N) is 5. The van der Waals surface area contributed by atoms with Crippen molar-refractivity contribution in [3.63, 3.8) is 0 Å². The third-order valence-corrected chi connectivity index (χ3v) is 3.87. The molecule has 2 N–H and O–H groups in total. The van der Waals surface area contributed by atoms with E-state index in [9.17, 15) is 5.11 Å². The summed E-state index contributed by atoms with van der Waals surface area (Å²) in [7, 11) is 3.81. The van der Waals surface area contributed by atoms with Crippen LogP contribution in [0.25, 0.3) is 11.2 Å². The van der Waals surface area contributed by atoms with Crippen LogP contribution in [-0.2, 0) is 13.1 Å². The average molecular weight is 326 g/mol. The van der Waals surface area contributed by atoms with Gasteiger partial charge in [0.15, 0.2) is 11.5 Å². The number of aliphatic hydroxyl groups is 1. The third-order valence-electron chi connectivity index (χ3n) is 3.87. The first-order valence-electron chi connectivity index (χ1n) is 7.91. The number of aromatic nitrogens is 4. The van der Waals surface area contributed by atoms with Crippen molar-refractivity contribution in [2.45, 2.75) is 19.2 Å². The summed E-state index contributed by atoms with van der Waals surface area (Å²) in [6, 6.07) is 10.2. The topological polar surface area (TPSA) is 79.1 Å². The van der Waals surface area contributed by atoms with Crippen LogP contribution in [0.5, 0.6) is 0 Å². The highest BCUT2D eigenvalue weighted by Crippen LogP contribution is 2.18. The summed E-state index contributed by atoms with van der Waals surface area (Å²) in [5, 5.41) is 13.5. The Morgan fingerprint density at radius 1 is 1.21 bits per heavy atom. The van der Waals surface area contributed by atoms with E-state index in [1.807, 2.05) is 36.9 Å². The van der Waals surface area contributed by atoms with Crippen LogP contribution in [0.3, 0.4) is 0 Å². The van der Waals surface area contributed by atoms with E-state index in [-0.39, 0.29) is 0 Å². The van der Waals surface area contributed by atoms with Crippen LogP contribution in [0.15, 0.2) is 43.0 Å². The number of imidazole rings is 1. The number of likely N-dealkylation sites (N-methyl/N-ethyl adjacent to an activating group) is 1. The summed E-state index contributed by atoms with van der Waals surface area (Å²) in [4.78, 5) is 14.7. The molecule has 3 aromatic rings. The smallest absolute Gasteiger partial charge is 0.182 e. The van der Waals surface area contributed by atoms with Crippen LogP contribution in [0.1, 0.15) is 5.56 Å². The van der Waals surface area contributed by atoms with Crippen molar-refractivity contribution in [3.05, 3.63) is 48.5 Å². The molecule has 0 saturated heterocycles. The number of aliphatic hydroxyl groups excluding tert-OH is 1. The zero-order chi connectivity index (χ0) is 16.9. The molecule has 2 heterocycles. The Morgan fingerprint density at radius 2 is 2.00 bits per heavy atom. The Morgan fingerprint density at radius 3 is 2.75 bits per heavy atom. The highest BCUT2D eigenvalue weighted by molar-refractivity contribution is 5.82. The van der Waals surface area contributed by atoms with Crippen molar-refractivity contribution in [3.8, 4) is 0 Å². The molecule has 0 saturated carbocycles. The van der Waals surface area contributed by atoms with E-state index < -0.39 is 6.10 Å². The zero-order valence-electron chi connectivity index (χ0n) is 13.9. The lowest BCUT2D eigenvalue weighted by Gasteiger charge is -2.21. The summed E-state index contributed by atoms with van der Waals surface area (Å²) in [5.41, 5.74) is 2.66. The second-order valence-electron chi connectivity index (χ2n) is 5.88. The van der Waals surface area contributed by atoms with Crippen LogP contribution in [0.4, 0.5) is 5.82 Å². The van der Waals surface area contributed by atoms with E-state index in [0.717, 1.165) is 12.1 Å². The summed E-state index contributed by atoms with van der Waals surface area (Å²) >= 11 is 0. The van der Waals surface area contributed by atoms with E-state index in [2.05, 4.69) is 37.3 Å². The van der Waals surface area contributed by atoms with Crippen molar-refractivity contribution in [1.29, 1.82) is 0 Å². The third kappa shape index (κ3) is 3.69. The predicted molar refractivity (Wildman–Crippen MR) is 93.7 cm³/mol. The second kappa shape index (κ2) is 7.37. The maximum atomic E-state index is 10.4. The van der Waals surface area contributed by atoms with Crippen LogP contribution in [-0.4, -0.2) is 56.3 Å². The van der Waals surface area contributed by atoms with Crippen molar-refractivity contribution >= 4 is 17.0 Å². The summed E-state index contributed by atoms with van der Waals surface area (Å²) in [6.45, 7) is 1.81. The zero-order valence-corrected chi connectivity index (χ0v) is 13.9. The van der Waals surface area contributed by atoms with E-state index in [0.29, 0.717) is 24.6 Å². The summed E-state index contributed by atoms with van der Waals surface area (Å²) < 4.78 is 1.89. The quantitative estimate of drug-likeness (QED) is 0.682. The molecule has 2 aromatic heterocycles. The van der Waals surface area contributed by atoms with Gasteiger partial charge in [-0.3, -0.25) is 4.90 Å². The van der Waals surface area contributed by atoms with Gasteiger partial charge >= 0.3 is 0 Å². The van der Waals surface area contributed by atoms with Crippen LogP contribution < -0.4 is 5.32 Å². The standard InChI is InChI=1S/C17H22N6O/c1-18-16-15-17(20-11-19-16)21-12-23(15)10-14(24)9-22(2)8-13-6-4-3-5-7-13/h3-7,11-12,14,24H,8-10H2,1-2H3,(H,18,19,20)/t14-/m1/s1. The Kier molecular flexibility index (Phi) is 5.02. The normalized spacial score (nSPS) is 12.7.